The van der Waals surface area contributed by atoms with E-state index in [4.69, 9.17) is 0 Å². The molecule has 0 amide bonds. The van der Waals surface area contributed by atoms with Crippen molar-refractivity contribution in [1.82, 2.24) is 4.90 Å². The average molecular weight is 177 g/mol. The molecule has 1 saturated heterocycles. The summed E-state index contributed by atoms with van der Waals surface area (Å²) in [5, 5.41) is -0.124. The molecule has 11 heavy (non-hydrogen) atoms. The second-order valence-corrected chi connectivity index (χ2v) is 5.68. The van der Waals surface area contributed by atoms with Gasteiger partial charge in [-0.3, -0.25) is 0 Å². The van der Waals surface area contributed by atoms with Crippen molar-refractivity contribution in [2.24, 2.45) is 0 Å². The molecule has 1 unspecified atom stereocenters. The Kier molecular flexibility index (Phi) is 2.54. The lowest BCUT2D eigenvalue weighted by Crippen LogP contribution is -2.39. The lowest BCUT2D eigenvalue weighted by molar-refractivity contribution is 0.278. The predicted octanol–water partition coefficient (Wildman–Crippen LogP) is 0.125. The number of rotatable bonds is 1. The zero-order chi connectivity index (χ0) is 8.48. The Morgan fingerprint density at radius 1 is 1.45 bits per heavy atom. The minimum Gasteiger partial charge on any atom is -0.305 e. The molecule has 0 radical (unpaired) electrons. The molecule has 0 N–H and O–H groups in total. The van der Waals surface area contributed by atoms with E-state index in [-0.39, 0.29) is 5.25 Å². The number of hydrogen-bond acceptors (Lipinski definition) is 3. The van der Waals surface area contributed by atoms with E-state index in [0.717, 1.165) is 19.4 Å². The molecule has 0 aromatic rings. The first-order valence-electron chi connectivity index (χ1n) is 3.87. The van der Waals surface area contributed by atoms with E-state index in [9.17, 15) is 8.42 Å². The van der Waals surface area contributed by atoms with Crippen molar-refractivity contribution in [3.05, 3.63) is 0 Å². The topological polar surface area (TPSA) is 37.4 Å². The van der Waals surface area contributed by atoms with Crippen LogP contribution in [0.5, 0.6) is 0 Å². The van der Waals surface area contributed by atoms with Crippen LogP contribution in [0.15, 0.2) is 0 Å². The van der Waals surface area contributed by atoms with E-state index >= 15 is 0 Å². The number of sulfone groups is 1. The van der Waals surface area contributed by atoms with Crippen molar-refractivity contribution in [2.75, 3.05) is 26.4 Å². The molecule has 0 spiro atoms. The Labute approximate surface area is 68.3 Å². The van der Waals surface area contributed by atoms with Crippen LogP contribution in [-0.4, -0.2) is 45.0 Å². The summed E-state index contributed by atoms with van der Waals surface area (Å²) >= 11 is 0. The molecule has 1 fully saturated rings. The summed E-state index contributed by atoms with van der Waals surface area (Å²) in [6.07, 6.45) is 3.17. The zero-order valence-electron chi connectivity index (χ0n) is 7.08. The van der Waals surface area contributed by atoms with Crippen molar-refractivity contribution >= 4 is 9.84 Å². The smallest absolute Gasteiger partial charge is 0.151 e. The maximum atomic E-state index is 11.1. The summed E-state index contributed by atoms with van der Waals surface area (Å²) in [7, 11) is -0.831. The number of piperidine rings is 1. The summed E-state index contributed by atoms with van der Waals surface area (Å²) in [5.41, 5.74) is 0. The van der Waals surface area contributed by atoms with Gasteiger partial charge in [-0.15, -0.1) is 0 Å². The Morgan fingerprint density at radius 3 is 2.45 bits per heavy atom. The van der Waals surface area contributed by atoms with Gasteiger partial charge in [0.15, 0.2) is 9.84 Å². The third-order valence-electron chi connectivity index (χ3n) is 2.19. The summed E-state index contributed by atoms with van der Waals surface area (Å²) in [5.74, 6) is 0. The maximum absolute atomic E-state index is 11.1. The largest absolute Gasteiger partial charge is 0.305 e. The summed E-state index contributed by atoms with van der Waals surface area (Å²) in [4.78, 5) is 2.08. The van der Waals surface area contributed by atoms with E-state index in [2.05, 4.69) is 4.90 Å². The van der Waals surface area contributed by atoms with Crippen LogP contribution in [0.2, 0.25) is 0 Å². The Bertz CT molecular complexity index is 223. The SMILES string of the molecule is CN1CCCC(S(C)(=O)=O)C1. The number of likely N-dealkylation sites (tertiary alicyclic amines) is 1. The molecular formula is C7H15NO2S. The maximum Gasteiger partial charge on any atom is 0.151 e. The molecule has 0 bridgehead atoms. The van der Waals surface area contributed by atoms with Crippen LogP contribution in [-0.2, 0) is 9.84 Å². The van der Waals surface area contributed by atoms with Gasteiger partial charge in [-0.1, -0.05) is 0 Å². The van der Waals surface area contributed by atoms with Gasteiger partial charge >= 0.3 is 0 Å². The van der Waals surface area contributed by atoms with Crippen LogP contribution in [0, 0.1) is 0 Å². The quantitative estimate of drug-likeness (QED) is 0.571. The van der Waals surface area contributed by atoms with Crippen molar-refractivity contribution in [3.8, 4) is 0 Å². The highest BCUT2D eigenvalue weighted by Crippen LogP contribution is 2.14. The van der Waals surface area contributed by atoms with E-state index in [0.29, 0.717) is 6.54 Å². The number of hydrogen-bond donors (Lipinski definition) is 0. The van der Waals surface area contributed by atoms with Crippen molar-refractivity contribution < 1.29 is 8.42 Å². The molecule has 0 aliphatic carbocycles. The van der Waals surface area contributed by atoms with Gasteiger partial charge in [0.05, 0.1) is 5.25 Å². The van der Waals surface area contributed by atoms with Gasteiger partial charge in [0, 0.05) is 12.8 Å². The van der Waals surface area contributed by atoms with Gasteiger partial charge < -0.3 is 4.90 Å². The monoisotopic (exact) mass is 177 g/mol. The van der Waals surface area contributed by atoms with Crippen LogP contribution in [0.1, 0.15) is 12.8 Å². The minimum atomic E-state index is -2.80. The van der Waals surface area contributed by atoms with Gasteiger partial charge in [-0.05, 0) is 26.4 Å². The fourth-order valence-corrected chi connectivity index (χ4v) is 2.59. The van der Waals surface area contributed by atoms with Crippen LogP contribution in [0.3, 0.4) is 0 Å². The molecule has 0 aromatic heterocycles. The highest BCUT2D eigenvalue weighted by molar-refractivity contribution is 7.91. The first kappa shape index (κ1) is 9.00. The van der Waals surface area contributed by atoms with Gasteiger partial charge in [0.1, 0.15) is 0 Å². The fourth-order valence-electron chi connectivity index (χ4n) is 1.47. The summed E-state index contributed by atoms with van der Waals surface area (Å²) in [6.45, 7) is 1.74. The van der Waals surface area contributed by atoms with Crippen molar-refractivity contribution in [2.45, 2.75) is 18.1 Å². The van der Waals surface area contributed by atoms with Gasteiger partial charge in [0.2, 0.25) is 0 Å². The number of nitrogens with zero attached hydrogens (tertiary/aromatic N) is 1. The minimum absolute atomic E-state index is 0.124. The Morgan fingerprint density at radius 2 is 2.09 bits per heavy atom. The third-order valence-corrected chi connectivity index (χ3v) is 3.78. The van der Waals surface area contributed by atoms with Gasteiger partial charge in [-0.2, -0.15) is 0 Å². The predicted molar refractivity (Wildman–Crippen MR) is 45.4 cm³/mol. The van der Waals surface area contributed by atoms with Crippen LogP contribution in [0.4, 0.5) is 0 Å². The fraction of sp³-hybridized carbons (Fsp3) is 1.00. The van der Waals surface area contributed by atoms with Crippen molar-refractivity contribution in [3.63, 3.8) is 0 Å². The molecule has 66 valence electrons. The standard InChI is InChI=1S/C7H15NO2S/c1-8-5-3-4-7(6-8)11(2,9)10/h7H,3-6H2,1-2H3. The highest BCUT2D eigenvalue weighted by atomic mass is 32.2. The lowest BCUT2D eigenvalue weighted by atomic mass is 10.1. The molecule has 0 saturated carbocycles. The van der Waals surface area contributed by atoms with E-state index in [1.54, 1.807) is 0 Å². The van der Waals surface area contributed by atoms with E-state index in [1.165, 1.54) is 6.26 Å². The van der Waals surface area contributed by atoms with Crippen LogP contribution < -0.4 is 0 Å². The van der Waals surface area contributed by atoms with Crippen molar-refractivity contribution in [1.29, 1.82) is 0 Å². The molecule has 1 aliphatic rings. The van der Waals surface area contributed by atoms with Crippen LogP contribution >= 0.6 is 0 Å². The van der Waals surface area contributed by atoms with E-state index in [1.807, 2.05) is 7.05 Å². The molecular weight excluding hydrogens is 162 g/mol. The first-order valence-corrected chi connectivity index (χ1v) is 5.83. The summed E-state index contributed by atoms with van der Waals surface area (Å²) in [6, 6.07) is 0. The molecule has 1 atom stereocenters. The molecule has 1 aliphatic heterocycles. The first-order chi connectivity index (χ1) is 5.00. The molecule has 4 heteroatoms. The van der Waals surface area contributed by atoms with Gasteiger partial charge in [0.25, 0.3) is 0 Å². The highest BCUT2D eigenvalue weighted by Gasteiger charge is 2.25. The second kappa shape index (κ2) is 3.11. The third kappa shape index (κ3) is 2.45. The van der Waals surface area contributed by atoms with Gasteiger partial charge in [-0.25, -0.2) is 8.42 Å². The summed E-state index contributed by atoms with van der Waals surface area (Å²) < 4.78 is 22.2. The molecule has 3 nitrogen and oxygen atoms in total. The van der Waals surface area contributed by atoms with Crippen LogP contribution in [0.25, 0.3) is 0 Å². The lowest BCUT2D eigenvalue weighted by Gasteiger charge is -2.28. The Hall–Kier alpha value is -0.0900. The Balaban J connectivity index is 2.60. The zero-order valence-corrected chi connectivity index (χ0v) is 7.89. The normalized spacial score (nSPS) is 28.7. The molecule has 1 rings (SSSR count). The molecule has 1 heterocycles. The second-order valence-electron chi connectivity index (χ2n) is 3.36. The molecule has 0 aromatic carbocycles. The average Bonchev–Trinajstić information content (AvgIpc) is 1.86. The van der Waals surface area contributed by atoms with E-state index < -0.39 is 9.84 Å².